The molecule has 2 fully saturated rings. The van der Waals surface area contributed by atoms with Crippen molar-refractivity contribution in [1.82, 2.24) is 5.32 Å². The summed E-state index contributed by atoms with van der Waals surface area (Å²) in [5, 5.41) is 12.2. The van der Waals surface area contributed by atoms with Gasteiger partial charge in [-0.2, -0.15) is 17.0 Å². The van der Waals surface area contributed by atoms with Crippen molar-refractivity contribution in [2.75, 3.05) is 24.6 Å². The van der Waals surface area contributed by atoms with E-state index in [1.54, 1.807) is 0 Å². The summed E-state index contributed by atoms with van der Waals surface area (Å²) in [7, 11) is 0. The van der Waals surface area contributed by atoms with Crippen molar-refractivity contribution in [3.05, 3.63) is 0 Å². The summed E-state index contributed by atoms with van der Waals surface area (Å²) >= 11 is 2.07. The lowest BCUT2D eigenvalue weighted by atomic mass is 10.0. The number of hydrogen-bond acceptors (Lipinski definition) is 3. The largest absolute Gasteiger partial charge is 0.316 e. The third-order valence-electron chi connectivity index (χ3n) is 3.37. The summed E-state index contributed by atoms with van der Waals surface area (Å²) in [5.74, 6) is 3.56. The number of thioether (sulfide) groups is 1. The van der Waals surface area contributed by atoms with E-state index in [4.69, 9.17) is 5.26 Å². The fourth-order valence-corrected chi connectivity index (χ4v) is 3.33. The molecule has 1 saturated heterocycles. The lowest BCUT2D eigenvalue weighted by Gasteiger charge is -2.14. The van der Waals surface area contributed by atoms with Gasteiger partial charge in [-0.3, -0.25) is 0 Å². The number of rotatable bonds is 5. The van der Waals surface area contributed by atoms with Crippen molar-refractivity contribution in [2.45, 2.75) is 25.7 Å². The van der Waals surface area contributed by atoms with Crippen LogP contribution in [0.2, 0.25) is 0 Å². The molecule has 2 nitrogen and oxygen atoms in total. The molecule has 1 heterocycles. The summed E-state index contributed by atoms with van der Waals surface area (Å²) in [6, 6.07) is 2.30. The number of nitrogens with one attached hydrogen (secondary N) is 1. The van der Waals surface area contributed by atoms with Crippen LogP contribution in [0.5, 0.6) is 0 Å². The number of nitrogens with zero attached hydrogens (tertiary/aromatic N) is 1. The van der Waals surface area contributed by atoms with E-state index in [9.17, 15) is 0 Å². The van der Waals surface area contributed by atoms with Crippen molar-refractivity contribution in [1.29, 1.82) is 5.26 Å². The number of nitriles is 1. The maximum atomic E-state index is 8.67. The molecule has 1 saturated carbocycles. The second-order valence-corrected chi connectivity index (χ2v) is 5.85. The Kier molecular flexibility index (Phi) is 3.35. The predicted octanol–water partition coefficient (Wildman–Crippen LogP) is 2.02. The van der Waals surface area contributed by atoms with Crippen LogP contribution in [0.1, 0.15) is 25.7 Å². The third-order valence-corrected chi connectivity index (χ3v) is 4.60. The van der Waals surface area contributed by atoms with Gasteiger partial charge in [0.2, 0.25) is 0 Å². The first-order valence-corrected chi connectivity index (χ1v) is 6.66. The zero-order chi connectivity index (χ0) is 9.86. The molecule has 0 bridgehead atoms. The Balaban J connectivity index is 1.60. The van der Waals surface area contributed by atoms with E-state index in [1.807, 2.05) is 0 Å². The Labute approximate surface area is 90.4 Å². The Morgan fingerprint density at radius 1 is 1.50 bits per heavy atom. The van der Waals surface area contributed by atoms with Gasteiger partial charge in [0.15, 0.2) is 0 Å². The SMILES string of the molecule is N#CCC1(CNCC2CCSC2)CC1. The van der Waals surface area contributed by atoms with Crippen LogP contribution in [0.15, 0.2) is 0 Å². The minimum atomic E-state index is 0.375. The van der Waals surface area contributed by atoms with Gasteiger partial charge in [-0.1, -0.05) is 0 Å². The zero-order valence-corrected chi connectivity index (χ0v) is 9.41. The first-order chi connectivity index (χ1) is 6.85. The smallest absolute Gasteiger partial charge is 0.0628 e. The molecular weight excluding hydrogens is 192 g/mol. The Bertz CT molecular complexity index is 224. The van der Waals surface area contributed by atoms with Crippen LogP contribution in [0.25, 0.3) is 0 Å². The second-order valence-electron chi connectivity index (χ2n) is 4.70. The van der Waals surface area contributed by atoms with E-state index in [2.05, 4.69) is 23.1 Å². The lowest BCUT2D eigenvalue weighted by Crippen LogP contribution is -2.29. The topological polar surface area (TPSA) is 35.8 Å². The van der Waals surface area contributed by atoms with E-state index >= 15 is 0 Å². The van der Waals surface area contributed by atoms with E-state index < -0.39 is 0 Å². The molecular formula is C11H18N2S. The van der Waals surface area contributed by atoms with Crippen molar-refractivity contribution in [2.24, 2.45) is 11.3 Å². The van der Waals surface area contributed by atoms with Gasteiger partial charge < -0.3 is 5.32 Å². The average molecular weight is 210 g/mol. The highest BCUT2D eigenvalue weighted by Crippen LogP contribution is 2.47. The van der Waals surface area contributed by atoms with Gasteiger partial charge in [0.25, 0.3) is 0 Å². The molecule has 1 N–H and O–H groups in total. The molecule has 0 aromatic carbocycles. The normalized spacial score (nSPS) is 28.6. The van der Waals surface area contributed by atoms with Crippen molar-refractivity contribution < 1.29 is 0 Å². The predicted molar refractivity (Wildman–Crippen MR) is 60.2 cm³/mol. The van der Waals surface area contributed by atoms with Crippen LogP contribution in [-0.4, -0.2) is 24.6 Å². The molecule has 14 heavy (non-hydrogen) atoms. The highest BCUT2D eigenvalue weighted by molar-refractivity contribution is 7.99. The molecule has 0 aromatic heterocycles. The fraction of sp³-hybridized carbons (Fsp3) is 0.909. The molecule has 1 aliphatic carbocycles. The van der Waals surface area contributed by atoms with Gasteiger partial charge in [0, 0.05) is 13.0 Å². The quantitative estimate of drug-likeness (QED) is 0.754. The molecule has 0 amide bonds. The first-order valence-electron chi connectivity index (χ1n) is 5.50. The third kappa shape index (κ3) is 2.65. The molecule has 2 aliphatic rings. The zero-order valence-electron chi connectivity index (χ0n) is 8.59. The molecule has 78 valence electrons. The van der Waals surface area contributed by atoms with Gasteiger partial charge in [0.1, 0.15) is 0 Å². The summed E-state index contributed by atoms with van der Waals surface area (Å²) in [6.45, 7) is 2.24. The standard InChI is InChI=1S/C11H18N2S/c12-5-4-11(2-3-11)9-13-7-10-1-6-14-8-10/h10,13H,1-4,6-9H2. The summed E-state index contributed by atoms with van der Waals surface area (Å²) < 4.78 is 0. The monoisotopic (exact) mass is 210 g/mol. The van der Waals surface area contributed by atoms with Gasteiger partial charge in [-0.15, -0.1) is 0 Å². The van der Waals surface area contributed by atoms with E-state index in [0.717, 1.165) is 18.9 Å². The molecule has 2 rings (SSSR count). The summed E-state index contributed by atoms with van der Waals surface area (Å²) in [4.78, 5) is 0. The van der Waals surface area contributed by atoms with Crippen LogP contribution in [0.3, 0.4) is 0 Å². The average Bonchev–Trinajstić information content (AvgIpc) is 2.75. The first kappa shape index (κ1) is 10.3. The molecule has 1 atom stereocenters. The van der Waals surface area contributed by atoms with Gasteiger partial charge in [0.05, 0.1) is 6.07 Å². The fourth-order valence-electron chi connectivity index (χ4n) is 2.05. The molecule has 0 radical (unpaired) electrons. The van der Waals surface area contributed by atoms with Crippen LogP contribution < -0.4 is 5.32 Å². The molecule has 3 heteroatoms. The van der Waals surface area contributed by atoms with Crippen LogP contribution in [-0.2, 0) is 0 Å². The molecule has 0 spiro atoms. The van der Waals surface area contributed by atoms with E-state index in [-0.39, 0.29) is 0 Å². The Morgan fingerprint density at radius 2 is 2.36 bits per heavy atom. The second kappa shape index (κ2) is 4.55. The van der Waals surface area contributed by atoms with Crippen molar-refractivity contribution in [3.63, 3.8) is 0 Å². The summed E-state index contributed by atoms with van der Waals surface area (Å²) in [5.41, 5.74) is 0.375. The van der Waals surface area contributed by atoms with E-state index in [0.29, 0.717) is 5.41 Å². The van der Waals surface area contributed by atoms with Gasteiger partial charge in [-0.25, -0.2) is 0 Å². The molecule has 0 aromatic rings. The summed E-state index contributed by atoms with van der Waals surface area (Å²) in [6.07, 6.45) is 4.64. The van der Waals surface area contributed by atoms with Gasteiger partial charge in [-0.05, 0) is 48.6 Å². The van der Waals surface area contributed by atoms with Crippen LogP contribution >= 0.6 is 11.8 Å². The highest BCUT2D eigenvalue weighted by atomic mass is 32.2. The minimum absolute atomic E-state index is 0.375. The van der Waals surface area contributed by atoms with Crippen molar-refractivity contribution in [3.8, 4) is 6.07 Å². The van der Waals surface area contributed by atoms with Crippen LogP contribution in [0.4, 0.5) is 0 Å². The minimum Gasteiger partial charge on any atom is -0.316 e. The van der Waals surface area contributed by atoms with Gasteiger partial charge >= 0.3 is 0 Å². The maximum absolute atomic E-state index is 8.67. The maximum Gasteiger partial charge on any atom is 0.0628 e. The van der Waals surface area contributed by atoms with Crippen molar-refractivity contribution >= 4 is 11.8 Å². The Morgan fingerprint density at radius 3 is 2.93 bits per heavy atom. The Hall–Kier alpha value is -0.200. The lowest BCUT2D eigenvalue weighted by molar-refractivity contribution is 0.432. The highest BCUT2D eigenvalue weighted by Gasteiger charge is 2.41. The van der Waals surface area contributed by atoms with Crippen LogP contribution in [0, 0.1) is 22.7 Å². The molecule has 1 unspecified atom stereocenters. The molecule has 1 aliphatic heterocycles. The number of hydrogen-bond donors (Lipinski definition) is 1. The van der Waals surface area contributed by atoms with E-state index in [1.165, 1.54) is 37.3 Å².